The Morgan fingerprint density at radius 1 is 1.18 bits per heavy atom. The van der Waals surface area contributed by atoms with E-state index in [2.05, 4.69) is 16.4 Å². The Labute approximate surface area is 160 Å². The van der Waals surface area contributed by atoms with Crippen LogP contribution in [-0.4, -0.2) is 48.5 Å². The molecule has 0 spiro atoms. The van der Waals surface area contributed by atoms with E-state index in [1.54, 1.807) is 18.3 Å². The topological polar surface area (TPSA) is 72.3 Å². The van der Waals surface area contributed by atoms with Crippen LogP contribution in [0.2, 0.25) is 0 Å². The molecule has 0 bridgehead atoms. The van der Waals surface area contributed by atoms with E-state index in [9.17, 15) is 23.2 Å². The summed E-state index contributed by atoms with van der Waals surface area (Å²) in [5.41, 5.74) is -0.188. The highest BCUT2D eigenvalue weighted by atomic mass is 19.4. The van der Waals surface area contributed by atoms with Crippen LogP contribution in [0.1, 0.15) is 11.1 Å². The van der Waals surface area contributed by atoms with E-state index in [4.69, 9.17) is 0 Å². The molecule has 2 aromatic rings. The number of carbonyl (C=O) groups is 1. The van der Waals surface area contributed by atoms with Gasteiger partial charge in [0, 0.05) is 38.1 Å². The first-order valence-corrected chi connectivity index (χ1v) is 8.66. The van der Waals surface area contributed by atoms with Gasteiger partial charge in [-0.1, -0.05) is 6.07 Å². The van der Waals surface area contributed by atoms with Crippen molar-refractivity contribution in [3.63, 3.8) is 0 Å². The Kier molecular flexibility index (Phi) is 5.80. The van der Waals surface area contributed by atoms with E-state index >= 15 is 0 Å². The number of aromatic nitrogens is 1. The first-order chi connectivity index (χ1) is 13.4. The number of nitrogens with one attached hydrogen (secondary N) is 1. The fourth-order valence-corrected chi connectivity index (χ4v) is 3.03. The number of benzene rings is 1. The first-order valence-electron chi connectivity index (χ1n) is 8.66. The number of pyridine rings is 1. The van der Waals surface area contributed by atoms with E-state index in [-0.39, 0.29) is 18.1 Å². The summed E-state index contributed by atoms with van der Waals surface area (Å²) < 4.78 is 38.3. The standard InChI is InChI=1S/C19H18F3N5O/c20-19(21,22)15-4-1-5-16(11-15)25-17(28)13-26-7-9-27(10-8-26)18-14(12-23)3-2-6-24-18/h1-6,11H,7-10,13H2,(H,25,28). The summed E-state index contributed by atoms with van der Waals surface area (Å²) >= 11 is 0. The highest BCUT2D eigenvalue weighted by Gasteiger charge is 2.30. The highest BCUT2D eigenvalue weighted by Crippen LogP contribution is 2.30. The Morgan fingerprint density at radius 2 is 1.93 bits per heavy atom. The van der Waals surface area contributed by atoms with Crippen molar-refractivity contribution in [2.24, 2.45) is 0 Å². The summed E-state index contributed by atoms with van der Waals surface area (Å²) in [5, 5.41) is 11.7. The largest absolute Gasteiger partial charge is 0.416 e. The van der Waals surface area contributed by atoms with Crippen molar-refractivity contribution in [3.05, 3.63) is 53.7 Å². The molecular formula is C19H18F3N5O. The molecule has 0 radical (unpaired) electrons. The monoisotopic (exact) mass is 389 g/mol. The van der Waals surface area contributed by atoms with Crippen LogP contribution in [0.3, 0.4) is 0 Å². The molecule has 1 amide bonds. The first kappa shape index (κ1) is 19.6. The molecule has 1 aromatic heterocycles. The third-order valence-electron chi connectivity index (χ3n) is 4.42. The summed E-state index contributed by atoms with van der Waals surface area (Å²) in [4.78, 5) is 20.3. The van der Waals surface area contributed by atoms with Gasteiger partial charge in [0.1, 0.15) is 11.9 Å². The average molecular weight is 389 g/mol. The van der Waals surface area contributed by atoms with Crippen molar-refractivity contribution in [2.75, 3.05) is 42.9 Å². The van der Waals surface area contributed by atoms with E-state index in [0.717, 1.165) is 12.1 Å². The van der Waals surface area contributed by atoms with Gasteiger partial charge in [-0.2, -0.15) is 18.4 Å². The number of rotatable bonds is 4. The molecule has 0 aliphatic carbocycles. The molecule has 2 heterocycles. The van der Waals surface area contributed by atoms with Crippen LogP contribution in [0.5, 0.6) is 0 Å². The van der Waals surface area contributed by atoms with E-state index in [1.165, 1.54) is 12.1 Å². The SMILES string of the molecule is N#Cc1cccnc1N1CCN(CC(=O)Nc2cccc(C(F)(F)F)c2)CC1. The zero-order valence-corrected chi connectivity index (χ0v) is 14.9. The van der Waals surface area contributed by atoms with Gasteiger partial charge in [0.15, 0.2) is 0 Å². The number of carbonyl (C=O) groups excluding carboxylic acids is 1. The van der Waals surface area contributed by atoms with Gasteiger partial charge in [-0.05, 0) is 30.3 Å². The lowest BCUT2D eigenvalue weighted by Gasteiger charge is -2.35. The zero-order valence-electron chi connectivity index (χ0n) is 14.9. The van der Waals surface area contributed by atoms with Gasteiger partial charge >= 0.3 is 6.18 Å². The molecule has 6 nitrogen and oxygen atoms in total. The summed E-state index contributed by atoms with van der Waals surface area (Å²) in [6.45, 7) is 2.44. The number of hydrogen-bond donors (Lipinski definition) is 1. The molecule has 0 unspecified atom stereocenters. The van der Waals surface area contributed by atoms with Gasteiger partial charge < -0.3 is 10.2 Å². The summed E-state index contributed by atoms with van der Waals surface area (Å²) in [6.07, 6.45) is -2.82. The second kappa shape index (κ2) is 8.27. The fraction of sp³-hybridized carbons (Fsp3) is 0.316. The van der Waals surface area contributed by atoms with E-state index in [1.807, 2.05) is 9.80 Å². The van der Waals surface area contributed by atoms with Crippen LogP contribution in [-0.2, 0) is 11.0 Å². The molecule has 1 aromatic carbocycles. The Bertz CT molecular complexity index is 886. The molecule has 1 aliphatic rings. The maximum absolute atomic E-state index is 12.8. The second-order valence-corrected chi connectivity index (χ2v) is 6.38. The summed E-state index contributed by atoms with van der Waals surface area (Å²) in [7, 11) is 0. The van der Waals surface area contributed by atoms with Gasteiger partial charge in [-0.25, -0.2) is 4.98 Å². The normalized spacial score (nSPS) is 15.1. The van der Waals surface area contributed by atoms with Crippen LogP contribution < -0.4 is 10.2 Å². The third-order valence-corrected chi connectivity index (χ3v) is 4.42. The number of halogens is 3. The molecular weight excluding hydrogens is 371 g/mol. The van der Waals surface area contributed by atoms with Gasteiger partial charge in [0.05, 0.1) is 17.7 Å². The average Bonchev–Trinajstić information content (AvgIpc) is 2.68. The Balaban J connectivity index is 1.54. The number of nitriles is 1. The minimum atomic E-state index is -4.45. The number of nitrogens with zero attached hydrogens (tertiary/aromatic N) is 4. The Morgan fingerprint density at radius 3 is 2.61 bits per heavy atom. The maximum Gasteiger partial charge on any atom is 0.416 e. The zero-order chi connectivity index (χ0) is 20.1. The molecule has 3 rings (SSSR count). The summed E-state index contributed by atoms with van der Waals surface area (Å²) in [6, 6.07) is 10.1. The number of piperazine rings is 1. The lowest BCUT2D eigenvalue weighted by Crippen LogP contribution is -2.49. The molecule has 9 heteroatoms. The van der Waals surface area contributed by atoms with E-state index < -0.39 is 11.7 Å². The van der Waals surface area contributed by atoms with Crippen molar-refractivity contribution in [2.45, 2.75) is 6.18 Å². The van der Waals surface area contributed by atoms with Gasteiger partial charge in [-0.3, -0.25) is 9.69 Å². The molecule has 0 atom stereocenters. The summed E-state index contributed by atoms with van der Waals surface area (Å²) in [5.74, 6) is 0.251. The van der Waals surface area contributed by atoms with Crippen LogP contribution in [0, 0.1) is 11.3 Å². The van der Waals surface area contributed by atoms with Crippen molar-refractivity contribution in [1.82, 2.24) is 9.88 Å². The fourth-order valence-electron chi connectivity index (χ4n) is 3.03. The third kappa shape index (κ3) is 4.78. The molecule has 1 saturated heterocycles. The van der Waals surface area contributed by atoms with Gasteiger partial charge in [-0.15, -0.1) is 0 Å². The predicted molar refractivity (Wildman–Crippen MR) is 97.7 cm³/mol. The second-order valence-electron chi connectivity index (χ2n) is 6.38. The molecule has 1 fully saturated rings. The number of alkyl halides is 3. The molecule has 1 N–H and O–H groups in total. The van der Waals surface area contributed by atoms with Crippen LogP contribution in [0.4, 0.5) is 24.7 Å². The predicted octanol–water partition coefficient (Wildman–Crippen LogP) is 2.73. The van der Waals surface area contributed by atoms with Gasteiger partial charge in [0.25, 0.3) is 0 Å². The quantitative estimate of drug-likeness (QED) is 0.871. The minimum absolute atomic E-state index is 0.0808. The number of anilines is 2. The lowest BCUT2D eigenvalue weighted by molar-refractivity contribution is -0.137. The Hall–Kier alpha value is -3.12. The number of amides is 1. The minimum Gasteiger partial charge on any atom is -0.353 e. The van der Waals surface area contributed by atoms with Crippen LogP contribution in [0.25, 0.3) is 0 Å². The van der Waals surface area contributed by atoms with Crippen LogP contribution in [0.15, 0.2) is 42.6 Å². The van der Waals surface area contributed by atoms with Crippen molar-refractivity contribution in [3.8, 4) is 6.07 Å². The highest BCUT2D eigenvalue weighted by molar-refractivity contribution is 5.92. The van der Waals surface area contributed by atoms with Crippen LogP contribution >= 0.6 is 0 Å². The smallest absolute Gasteiger partial charge is 0.353 e. The van der Waals surface area contributed by atoms with Crippen molar-refractivity contribution >= 4 is 17.4 Å². The van der Waals surface area contributed by atoms with Gasteiger partial charge in [0.2, 0.25) is 5.91 Å². The molecule has 28 heavy (non-hydrogen) atoms. The maximum atomic E-state index is 12.8. The van der Waals surface area contributed by atoms with E-state index in [0.29, 0.717) is 37.6 Å². The number of hydrogen-bond acceptors (Lipinski definition) is 5. The lowest BCUT2D eigenvalue weighted by atomic mass is 10.2. The van der Waals surface area contributed by atoms with Crippen molar-refractivity contribution < 1.29 is 18.0 Å². The molecule has 0 saturated carbocycles. The molecule has 1 aliphatic heterocycles. The van der Waals surface area contributed by atoms with Crippen molar-refractivity contribution in [1.29, 1.82) is 5.26 Å². The molecule has 146 valence electrons.